The third kappa shape index (κ3) is 4.57. The van der Waals surface area contributed by atoms with E-state index in [0.29, 0.717) is 52.4 Å². The summed E-state index contributed by atoms with van der Waals surface area (Å²) in [5.74, 6) is 1.59. The van der Waals surface area contributed by atoms with Crippen LogP contribution < -0.4 is 14.8 Å². The Balaban J connectivity index is 1.60. The van der Waals surface area contributed by atoms with Crippen LogP contribution in [0.1, 0.15) is 16.2 Å². The minimum absolute atomic E-state index is 0.252. The van der Waals surface area contributed by atoms with E-state index < -0.39 is 0 Å². The van der Waals surface area contributed by atoms with Crippen molar-refractivity contribution in [1.29, 1.82) is 0 Å². The molecule has 0 fully saturated rings. The summed E-state index contributed by atoms with van der Waals surface area (Å²) in [6, 6.07) is 12.2. The molecule has 27 heavy (non-hydrogen) atoms. The molecule has 0 aliphatic heterocycles. The predicted octanol–water partition coefficient (Wildman–Crippen LogP) is 3.38. The molecule has 1 aromatic heterocycles. The summed E-state index contributed by atoms with van der Waals surface area (Å²) in [6.07, 6.45) is 0.393. The summed E-state index contributed by atoms with van der Waals surface area (Å²) in [6.45, 7) is 0.336. The first-order valence-corrected chi connectivity index (χ1v) is 8.57. The van der Waals surface area contributed by atoms with Gasteiger partial charge in [0, 0.05) is 24.6 Å². The van der Waals surface area contributed by atoms with Crippen LogP contribution in [0.25, 0.3) is 11.5 Å². The second kappa shape index (κ2) is 8.55. The van der Waals surface area contributed by atoms with Gasteiger partial charge >= 0.3 is 0 Å². The van der Waals surface area contributed by atoms with Gasteiger partial charge in [-0.1, -0.05) is 23.7 Å². The quantitative estimate of drug-likeness (QED) is 0.668. The third-order valence-corrected chi connectivity index (χ3v) is 4.14. The van der Waals surface area contributed by atoms with Gasteiger partial charge in [-0.2, -0.15) is 0 Å². The summed E-state index contributed by atoms with van der Waals surface area (Å²) in [7, 11) is 3.06. The first kappa shape index (κ1) is 18.7. The van der Waals surface area contributed by atoms with Gasteiger partial charge in [0.1, 0.15) is 11.5 Å². The first-order chi connectivity index (χ1) is 13.1. The fourth-order valence-corrected chi connectivity index (χ4v) is 2.64. The molecule has 0 spiro atoms. The number of halogens is 1. The maximum atomic E-state index is 12.3. The van der Waals surface area contributed by atoms with Crippen LogP contribution in [0, 0.1) is 0 Å². The summed E-state index contributed by atoms with van der Waals surface area (Å²) < 4.78 is 16.0. The number of amides is 1. The normalized spacial score (nSPS) is 10.5. The van der Waals surface area contributed by atoms with E-state index in [2.05, 4.69) is 15.5 Å². The smallest absolute Gasteiger partial charge is 0.251 e. The van der Waals surface area contributed by atoms with E-state index in [1.54, 1.807) is 30.3 Å². The molecule has 0 radical (unpaired) electrons. The number of nitrogens with zero attached hydrogens (tertiary/aromatic N) is 2. The Hall–Kier alpha value is -3.06. The number of benzene rings is 2. The second-order valence-corrected chi connectivity index (χ2v) is 6.00. The maximum absolute atomic E-state index is 12.3. The molecule has 0 aliphatic rings. The molecule has 0 atom stereocenters. The molecule has 1 heterocycles. The number of ether oxygens (including phenoxy) is 2. The SMILES string of the molecule is COc1cc(OC)cc(C(=O)NCCc2nnc(-c3ccccc3Cl)o2)c1. The number of methoxy groups -OCH3 is 2. The van der Waals surface area contributed by atoms with Crippen molar-refractivity contribution in [1.82, 2.24) is 15.5 Å². The number of rotatable bonds is 7. The highest BCUT2D eigenvalue weighted by atomic mass is 35.5. The van der Waals surface area contributed by atoms with Gasteiger partial charge < -0.3 is 19.2 Å². The lowest BCUT2D eigenvalue weighted by Crippen LogP contribution is -2.25. The van der Waals surface area contributed by atoms with Crippen molar-refractivity contribution < 1.29 is 18.7 Å². The number of hydrogen-bond donors (Lipinski definition) is 1. The van der Waals surface area contributed by atoms with E-state index in [1.807, 2.05) is 12.1 Å². The van der Waals surface area contributed by atoms with Crippen molar-refractivity contribution in [2.75, 3.05) is 20.8 Å². The molecule has 1 amide bonds. The van der Waals surface area contributed by atoms with Crippen LogP contribution in [0.2, 0.25) is 5.02 Å². The molecule has 1 N–H and O–H groups in total. The number of nitrogens with one attached hydrogen (secondary N) is 1. The molecular weight excluding hydrogens is 370 g/mol. The lowest BCUT2D eigenvalue weighted by molar-refractivity contribution is 0.0953. The molecule has 0 saturated heterocycles. The molecule has 3 rings (SSSR count). The Morgan fingerprint density at radius 3 is 2.48 bits per heavy atom. The van der Waals surface area contributed by atoms with Crippen LogP contribution in [0.5, 0.6) is 11.5 Å². The van der Waals surface area contributed by atoms with Crippen LogP contribution >= 0.6 is 11.6 Å². The van der Waals surface area contributed by atoms with Gasteiger partial charge in [-0.15, -0.1) is 10.2 Å². The Morgan fingerprint density at radius 2 is 1.81 bits per heavy atom. The average Bonchev–Trinajstić information content (AvgIpc) is 3.16. The van der Waals surface area contributed by atoms with Gasteiger partial charge in [0.15, 0.2) is 0 Å². The van der Waals surface area contributed by atoms with E-state index in [4.69, 9.17) is 25.5 Å². The van der Waals surface area contributed by atoms with E-state index in [0.717, 1.165) is 0 Å². The van der Waals surface area contributed by atoms with Crippen molar-refractivity contribution in [3.05, 3.63) is 58.9 Å². The lowest BCUT2D eigenvalue weighted by Gasteiger charge is -2.08. The largest absolute Gasteiger partial charge is 0.497 e. The molecule has 3 aromatic rings. The van der Waals surface area contributed by atoms with Gasteiger partial charge in [0.05, 0.1) is 24.8 Å². The molecule has 0 unspecified atom stereocenters. The van der Waals surface area contributed by atoms with Crippen LogP contribution in [-0.2, 0) is 6.42 Å². The van der Waals surface area contributed by atoms with E-state index in [9.17, 15) is 4.79 Å². The highest BCUT2D eigenvalue weighted by Crippen LogP contribution is 2.26. The lowest BCUT2D eigenvalue weighted by atomic mass is 10.2. The van der Waals surface area contributed by atoms with E-state index >= 15 is 0 Å². The number of carbonyl (C=O) groups excluding carboxylic acids is 1. The Labute approximate surface area is 161 Å². The third-order valence-electron chi connectivity index (χ3n) is 3.81. The molecule has 0 bridgehead atoms. The predicted molar refractivity (Wildman–Crippen MR) is 100 cm³/mol. The Kier molecular flexibility index (Phi) is 5.93. The second-order valence-electron chi connectivity index (χ2n) is 5.59. The first-order valence-electron chi connectivity index (χ1n) is 8.19. The topological polar surface area (TPSA) is 86.5 Å². The van der Waals surface area contributed by atoms with Gasteiger partial charge in [-0.05, 0) is 24.3 Å². The van der Waals surface area contributed by atoms with Gasteiger partial charge in [-0.25, -0.2) is 0 Å². The fraction of sp³-hybridized carbons (Fsp3) is 0.211. The van der Waals surface area contributed by atoms with E-state index in [1.165, 1.54) is 14.2 Å². The fourth-order valence-electron chi connectivity index (χ4n) is 2.42. The summed E-state index contributed by atoms with van der Waals surface area (Å²) >= 11 is 6.13. The molecule has 2 aromatic carbocycles. The molecule has 140 valence electrons. The van der Waals surface area contributed by atoms with Gasteiger partial charge in [0.2, 0.25) is 11.8 Å². The van der Waals surface area contributed by atoms with Crippen molar-refractivity contribution >= 4 is 17.5 Å². The van der Waals surface area contributed by atoms with Crippen LogP contribution in [0.4, 0.5) is 0 Å². The molecule has 7 nitrogen and oxygen atoms in total. The minimum atomic E-state index is -0.252. The maximum Gasteiger partial charge on any atom is 0.251 e. The van der Waals surface area contributed by atoms with Crippen molar-refractivity contribution in [3.63, 3.8) is 0 Å². The van der Waals surface area contributed by atoms with Crippen LogP contribution in [-0.4, -0.2) is 36.9 Å². The van der Waals surface area contributed by atoms with Gasteiger partial charge in [-0.3, -0.25) is 4.79 Å². The molecule has 8 heteroatoms. The highest BCUT2D eigenvalue weighted by molar-refractivity contribution is 6.33. The standard InChI is InChI=1S/C19H18ClN3O4/c1-25-13-9-12(10-14(11-13)26-2)18(24)21-8-7-17-22-23-19(27-17)15-5-3-4-6-16(15)20/h3-6,9-11H,7-8H2,1-2H3,(H,21,24). The Bertz CT molecular complexity index is 920. The van der Waals surface area contributed by atoms with Crippen molar-refractivity contribution in [3.8, 4) is 23.0 Å². The zero-order valence-corrected chi connectivity index (χ0v) is 15.6. The summed E-state index contributed by atoms with van der Waals surface area (Å²) in [4.78, 5) is 12.3. The minimum Gasteiger partial charge on any atom is -0.497 e. The summed E-state index contributed by atoms with van der Waals surface area (Å²) in [5.41, 5.74) is 1.11. The molecule has 0 aliphatic carbocycles. The number of carbonyl (C=O) groups is 1. The van der Waals surface area contributed by atoms with Crippen LogP contribution in [0.15, 0.2) is 46.9 Å². The monoisotopic (exact) mass is 387 g/mol. The molecular formula is C19H18ClN3O4. The summed E-state index contributed by atoms with van der Waals surface area (Å²) in [5, 5.41) is 11.3. The van der Waals surface area contributed by atoms with Gasteiger partial charge in [0.25, 0.3) is 5.91 Å². The number of aromatic nitrogens is 2. The highest BCUT2D eigenvalue weighted by Gasteiger charge is 2.13. The van der Waals surface area contributed by atoms with E-state index in [-0.39, 0.29) is 5.91 Å². The van der Waals surface area contributed by atoms with Crippen LogP contribution in [0.3, 0.4) is 0 Å². The zero-order valence-electron chi connectivity index (χ0n) is 14.9. The zero-order chi connectivity index (χ0) is 19.2. The average molecular weight is 388 g/mol. The molecule has 0 saturated carbocycles. The number of hydrogen-bond acceptors (Lipinski definition) is 6. The van der Waals surface area contributed by atoms with Crippen molar-refractivity contribution in [2.45, 2.75) is 6.42 Å². The van der Waals surface area contributed by atoms with Crippen molar-refractivity contribution in [2.24, 2.45) is 0 Å². The Morgan fingerprint density at radius 1 is 1.11 bits per heavy atom.